The molecule has 0 bridgehead atoms. The van der Waals surface area contributed by atoms with Crippen LogP contribution in [0.25, 0.3) is 0 Å². The molecule has 0 radical (unpaired) electrons. The van der Waals surface area contributed by atoms with Gasteiger partial charge in [-0.2, -0.15) is 0 Å². The maximum atomic E-state index is 13.0. The van der Waals surface area contributed by atoms with Gasteiger partial charge in [0.1, 0.15) is 10.7 Å². The summed E-state index contributed by atoms with van der Waals surface area (Å²) in [4.78, 5) is 34.3. The number of nitrogens with one attached hydrogen (secondary N) is 2. The van der Waals surface area contributed by atoms with Crippen LogP contribution in [0.3, 0.4) is 0 Å². The summed E-state index contributed by atoms with van der Waals surface area (Å²) in [5, 5.41) is 2.57. The minimum absolute atomic E-state index is 0.0365. The fraction of sp³-hybridized carbons (Fsp3) is 0.0476. The van der Waals surface area contributed by atoms with Gasteiger partial charge in [0.2, 0.25) is 5.95 Å². The Kier molecular flexibility index (Phi) is 6.36. The van der Waals surface area contributed by atoms with Crippen LogP contribution < -0.4 is 14.9 Å². The van der Waals surface area contributed by atoms with Gasteiger partial charge in [0.05, 0.1) is 10.6 Å². The molecule has 0 spiro atoms. The molecule has 2 amide bonds. The average Bonchev–Trinajstić information content (AvgIpc) is 2.98. The molecule has 2 N–H and O–H groups in total. The number of rotatable bonds is 6. The number of benzene rings is 2. The SMILES string of the molecule is Cc1cc(I)ccc1N1C(=O)C(Cl)=C(Nc2ccc(S(=O)(=O)Nc3ncccn3)cc2)C1=O. The van der Waals surface area contributed by atoms with Crippen molar-refractivity contribution in [2.45, 2.75) is 11.8 Å². The number of nitrogens with zero attached hydrogens (tertiary/aromatic N) is 3. The molecule has 0 saturated heterocycles. The number of carbonyl (C=O) groups is 2. The van der Waals surface area contributed by atoms with Gasteiger partial charge in [-0.15, -0.1) is 0 Å². The molecule has 1 aliphatic heterocycles. The van der Waals surface area contributed by atoms with Crippen molar-refractivity contribution in [3.63, 3.8) is 0 Å². The van der Waals surface area contributed by atoms with E-state index in [9.17, 15) is 18.0 Å². The molecule has 1 aliphatic rings. The van der Waals surface area contributed by atoms with Crippen molar-refractivity contribution in [3.8, 4) is 0 Å². The molecule has 0 fully saturated rings. The highest BCUT2D eigenvalue weighted by Gasteiger charge is 2.39. The first-order valence-corrected chi connectivity index (χ1v) is 12.3. The van der Waals surface area contributed by atoms with Crippen LogP contribution in [0.2, 0.25) is 0 Å². The summed E-state index contributed by atoms with van der Waals surface area (Å²) >= 11 is 8.32. The lowest BCUT2D eigenvalue weighted by Crippen LogP contribution is -2.32. The van der Waals surface area contributed by atoms with Gasteiger partial charge in [0, 0.05) is 21.7 Å². The maximum Gasteiger partial charge on any atom is 0.283 e. The number of anilines is 3. The van der Waals surface area contributed by atoms with Crippen LogP contribution in [0.5, 0.6) is 0 Å². The Morgan fingerprint density at radius 2 is 1.67 bits per heavy atom. The van der Waals surface area contributed by atoms with E-state index >= 15 is 0 Å². The quantitative estimate of drug-likeness (QED) is 0.330. The van der Waals surface area contributed by atoms with E-state index in [4.69, 9.17) is 11.6 Å². The van der Waals surface area contributed by atoms with Crippen LogP contribution in [0.1, 0.15) is 5.56 Å². The van der Waals surface area contributed by atoms with Crippen molar-refractivity contribution in [1.82, 2.24) is 9.97 Å². The van der Waals surface area contributed by atoms with E-state index in [1.807, 2.05) is 6.07 Å². The Balaban J connectivity index is 1.54. The van der Waals surface area contributed by atoms with E-state index in [1.165, 1.54) is 36.7 Å². The number of hydrogen-bond donors (Lipinski definition) is 2. The van der Waals surface area contributed by atoms with E-state index in [2.05, 4.69) is 42.6 Å². The van der Waals surface area contributed by atoms with E-state index in [-0.39, 0.29) is 21.6 Å². The van der Waals surface area contributed by atoms with Crippen molar-refractivity contribution in [1.29, 1.82) is 0 Å². The van der Waals surface area contributed by atoms with Crippen LogP contribution in [0.4, 0.5) is 17.3 Å². The fourth-order valence-corrected chi connectivity index (χ4v) is 4.91. The Morgan fingerprint density at radius 3 is 2.30 bits per heavy atom. The van der Waals surface area contributed by atoms with Crippen molar-refractivity contribution in [2.24, 2.45) is 0 Å². The molecule has 0 aliphatic carbocycles. The summed E-state index contributed by atoms with van der Waals surface area (Å²) in [5.41, 5.74) is 1.47. The molecule has 0 unspecified atom stereocenters. The van der Waals surface area contributed by atoms with Crippen molar-refractivity contribution < 1.29 is 18.0 Å². The Hall–Kier alpha value is -3.03. The third-order valence-corrected chi connectivity index (χ3v) is 7.02. The van der Waals surface area contributed by atoms with Crippen LogP contribution >= 0.6 is 34.2 Å². The lowest BCUT2D eigenvalue weighted by Gasteiger charge is -2.17. The molecule has 2 aromatic carbocycles. The smallest absolute Gasteiger partial charge is 0.283 e. The van der Waals surface area contributed by atoms with Gasteiger partial charge in [-0.05, 0) is 83.6 Å². The lowest BCUT2D eigenvalue weighted by atomic mass is 10.2. The largest absolute Gasteiger partial charge is 0.350 e. The molecule has 12 heteroatoms. The van der Waals surface area contributed by atoms with Gasteiger partial charge in [0.15, 0.2) is 0 Å². The second kappa shape index (κ2) is 9.08. The van der Waals surface area contributed by atoms with Gasteiger partial charge in [-0.1, -0.05) is 11.6 Å². The van der Waals surface area contributed by atoms with E-state index in [1.54, 1.807) is 25.1 Å². The molecule has 168 valence electrons. The first-order valence-electron chi connectivity index (χ1n) is 9.39. The number of hydrogen-bond acceptors (Lipinski definition) is 7. The Morgan fingerprint density at radius 1 is 1.00 bits per heavy atom. The molecular formula is C21H15ClIN5O4S. The second-order valence-electron chi connectivity index (χ2n) is 6.89. The monoisotopic (exact) mass is 595 g/mol. The summed E-state index contributed by atoms with van der Waals surface area (Å²) in [6.45, 7) is 1.80. The van der Waals surface area contributed by atoms with E-state index in [0.717, 1.165) is 14.0 Å². The Labute approximate surface area is 208 Å². The van der Waals surface area contributed by atoms with Gasteiger partial charge in [-0.25, -0.2) is 28.0 Å². The number of sulfonamides is 1. The van der Waals surface area contributed by atoms with Crippen LogP contribution in [0, 0.1) is 10.5 Å². The molecule has 2 heterocycles. The fourth-order valence-electron chi connectivity index (χ4n) is 3.09. The second-order valence-corrected chi connectivity index (χ2v) is 10.2. The van der Waals surface area contributed by atoms with Gasteiger partial charge < -0.3 is 5.32 Å². The molecule has 9 nitrogen and oxygen atoms in total. The summed E-state index contributed by atoms with van der Waals surface area (Å²) in [5.74, 6) is -1.30. The van der Waals surface area contributed by atoms with Crippen molar-refractivity contribution in [2.75, 3.05) is 14.9 Å². The van der Waals surface area contributed by atoms with Crippen molar-refractivity contribution >= 4 is 73.4 Å². The third-order valence-electron chi connectivity index (χ3n) is 4.65. The van der Waals surface area contributed by atoms with Crippen LogP contribution in [0.15, 0.2) is 76.5 Å². The zero-order chi connectivity index (χ0) is 23.8. The first-order chi connectivity index (χ1) is 15.7. The topological polar surface area (TPSA) is 121 Å². The molecule has 33 heavy (non-hydrogen) atoms. The molecule has 3 aromatic rings. The van der Waals surface area contributed by atoms with Gasteiger partial charge in [-0.3, -0.25) is 9.59 Å². The number of carbonyl (C=O) groups excluding carboxylic acids is 2. The predicted octanol–water partition coefficient (Wildman–Crippen LogP) is 3.63. The maximum absolute atomic E-state index is 13.0. The normalized spacial score (nSPS) is 14.1. The summed E-state index contributed by atoms with van der Waals surface area (Å²) in [6, 6.07) is 12.5. The predicted molar refractivity (Wildman–Crippen MR) is 132 cm³/mol. The third kappa shape index (κ3) is 4.70. The number of aromatic nitrogens is 2. The standard InChI is InChI=1S/C21H15ClIN5O4S/c1-12-11-13(23)3-8-16(12)28-19(29)17(22)18(20(28)30)26-14-4-6-15(7-5-14)33(31,32)27-21-24-9-2-10-25-21/h2-11,26H,1H3,(H,24,25,27). The average molecular weight is 596 g/mol. The van der Waals surface area contributed by atoms with Crippen LogP contribution in [-0.4, -0.2) is 30.2 Å². The number of halogens is 2. The summed E-state index contributed by atoms with van der Waals surface area (Å²) < 4.78 is 28.3. The molecule has 0 atom stereocenters. The minimum atomic E-state index is -3.91. The minimum Gasteiger partial charge on any atom is -0.350 e. The number of aryl methyl sites for hydroxylation is 1. The van der Waals surface area contributed by atoms with E-state index in [0.29, 0.717) is 11.4 Å². The lowest BCUT2D eigenvalue weighted by molar-refractivity contribution is -0.120. The summed E-state index contributed by atoms with van der Waals surface area (Å²) in [6.07, 6.45) is 2.83. The zero-order valence-electron chi connectivity index (χ0n) is 16.9. The summed E-state index contributed by atoms with van der Waals surface area (Å²) in [7, 11) is -3.91. The highest BCUT2D eigenvalue weighted by Crippen LogP contribution is 2.32. The first kappa shape index (κ1) is 23.1. The molecule has 0 saturated carbocycles. The molecule has 1 aromatic heterocycles. The highest BCUT2D eigenvalue weighted by atomic mass is 127. The highest BCUT2D eigenvalue weighted by molar-refractivity contribution is 14.1. The molecular weight excluding hydrogens is 581 g/mol. The van der Waals surface area contributed by atoms with Gasteiger partial charge in [0.25, 0.3) is 21.8 Å². The van der Waals surface area contributed by atoms with Crippen molar-refractivity contribution in [3.05, 3.63) is 80.8 Å². The van der Waals surface area contributed by atoms with Gasteiger partial charge >= 0.3 is 0 Å². The van der Waals surface area contributed by atoms with Crippen LogP contribution in [-0.2, 0) is 19.6 Å². The Bertz CT molecular complexity index is 1400. The molecule has 4 rings (SSSR count). The van der Waals surface area contributed by atoms with E-state index < -0.39 is 21.8 Å². The number of amides is 2. The zero-order valence-corrected chi connectivity index (χ0v) is 20.6. The number of imide groups is 1.